The van der Waals surface area contributed by atoms with E-state index in [2.05, 4.69) is 19.2 Å². The number of aliphatic hydroxyl groups excluding tert-OH is 1. The zero-order valence-electron chi connectivity index (χ0n) is 16.3. The predicted octanol–water partition coefficient (Wildman–Crippen LogP) is 2.77. The quantitative estimate of drug-likeness (QED) is 0.675. The molecule has 142 valence electrons. The van der Waals surface area contributed by atoms with Crippen molar-refractivity contribution in [2.75, 3.05) is 13.1 Å². The summed E-state index contributed by atoms with van der Waals surface area (Å²) in [6.45, 7) is 11.2. The minimum absolute atomic E-state index is 0.154. The Bertz CT molecular complexity index is 511. The summed E-state index contributed by atoms with van der Waals surface area (Å²) in [4.78, 5) is 14.4. The number of benzene rings is 1. The number of nitrogens with zero attached hydrogens (tertiary/aromatic N) is 1. The summed E-state index contributed by atoms with van der Waals surface area (Å²) >= 11 is 0. The number of hydrogen-bond acceptors (Lipinski definition) is 3. The van der Waals surface area contributed by atoms with Crippen molar-refractivity contribution in [3.8, 4) is 0 Å². The van der Waals surface area contributed by atoms with Gasteiger partial charge in [0.05, 0.1) is 6.10 Å². The second-order valence-corrected chi connectivity index (χ2v) is 8.11. The van der Waals surface area contributed by atoms with Crippen molar-refractivity contribution in [1.82, 2.24) is 10.2 Å². The molecule has 0 unspecified atom stereocenters. The maximum absolute atomic E-state index is 12.6. The molecule has 0 radical (unpaired) electrons. The molecule has 5 heteroatoms. The smallest absolute Gasteiger partial charge is 0.317 e. The molecule has 0 heterocycles. The highest BCUT2D eigenvalue weighted by Gasteiger charge is 2.27. The minimum atomic E-state index is -0.781. The van der Waals surface area contributed by atoms with Crippen molar-refractivity contribution in [1.29, 1.82) is 0 Å². The van der Waals surface area contributed by atoms with E-state index in [1.165, 1.54) is 0 Å². The van der Waals surface area contributed by atoms with Crippen LogP contribution in [0.3, 0.4) is 0 Å². The number of aliphatic hydroxyl groups is 1. The molecule has 0 saturated carbocycles. The number of hydrogen-bond donors (Lipinski definition) is 3. The van der Waals surface area contributed by atoms with Crippen molar-refractivity contribution in [3.63, 3.8) is 0 Å². The molecule has 25 heavy (non-hydrogen) atoms. The van der Waals surface area contributed by atoms with Crippen LogP contribution in [0.2, 0.25) is 0 Å². The van der Waals surface area contributed by atoms with Gasteiger partial charge in [0.25, 0.3) is 0 Å². The van der Waals surface area contributed by atoms with Crippen LogP contribution in [0.4, 0.5) is 4.79 Å². The number of rotatable bonds is 8. The molecule has 2 atom stereocenters. The van der Waals surface area contributed by atoms with Gasteiger partial charge in [0.1, 0.15) is 0 Å². The average molecular weight is 350 g/mol. The van der Waals surface area contributed by atoms with Crippen molar-refractivity contribution < 1.29 is 9.90 Å². The minimum Gasteiger partial charge on any atom is -0.390 e. The van der Waals surface area contributed by atoms with Gasteiger partial charge in [-0.3, -0.25) is 0 Å². The van der Waals surface area contributed by atoms with Gasteiger partial charge in [-0.15, -0.1) is 0 Å². The maximum atomic E-state index is 12.6. The van der Waals surface area contributed by atoms with E-state index in [0.717, 1.165) is 12.0 Å². The largest absolute Gasteiger partial charge is 0.390 e. The number of carbonyl (C=O) groups is 1. The SMILES string of the molecule is CC(C)CCN(C(=O)NC[C@@H](O)[C@@H](N)Cc1ccccc1)C(C)(C)C. The Kier molecular flexibility index (Phi) is 8.39. The number of urea groups is 1. The fraction of sp³-hybridized carbons (Fsp3) is 0.650. The molecule has 0 saturated heterocycles. The van der Waals surface area contributed by atoms with Crippen LogP contribution >= 0.6 is 0 Å². The van der Waals surface area contributed by atoms with Crippen molar-refractivity contribution >= 4 is 6.03 Å². The normalized spacial score (nSPS) is 14.2. The molecular formula is C20H35N3O2. The van der Waals surface area contributed by atoms with Gasteiger partial charge in [-0.05, 0) is 45.1 Å². The van der Waals surface area contributed by atoms with E-state index in [1.54, 1.807) is 0 Å². The van der Waals surface area contributed by atoms with Crippen LogP contribution in [0, 0.1) is 5.92 Å². The lowest BCUT2D eigenvalue weighted by Gasteiger charge is -2.36. The van der Waals surface area contributed by atoms with Crippen molar-refractivity contribution in [2.24, 2.45) is 11.7 Å². The van der Waals surface area contributed by atoms with Crippen molar-refractivity contribution in [2.45, 2.75) is 65.1 Å². The van der Waals surface area contributed by atoms with Crippen LogP contribution < -0.4 is 11.1 Å². The number of carbonyl (C=O) groups excluding carboxylic acids is 1. The Morgan fingerprint density at radius 2 is 1.84 bits per heavy atom. The van der Waals surface area contributed by atoms with Crippen LogP contribution in [-0.4, -0.2) is 46.8 Å². The third-order valence-corrected chi connectivity index (χ3v) is 4.26. The summed E-state index contributed by atoms with van der Waals surface area (Å²) in [7, 11) is 0. The summed E-state index contributed by atoms with van der Waals surface area (Å²) in [6.07, 6.45) is 0.741. The number of amides is 2. The second-order valence-electron chi connectivity index (χ2n) is 8.11. The van der Waals surface area contributed by atoms with E-state index in [0.29, 0.717) is 18.9 Å². The van der Waals surface area contributed by atoms with Crippen LogP contribution in [0.25, 0.3) is 0 Å². The molecule has 0 fully saturated rings. The van der Waals surface area contributed by atoms with Crippen LogP contribution in [0.5, 0.6) is 0 Å². The van der Waals surface area contributed by atoms with Gasteiger partial charge in [-0.25, -0.2) is 4.79 Å². The standard InChI is InChI=1S/C20H35N3O2/c1-15(2)11-12-23(20(3,4)5)19(25)22-14-18(24)17(21)13-16-9-7-6-8-10-16/h6-10,15,17-18,24H,11-14,21H2,1-5H3,(H,22,25)/t17-,18+/m0/s1. The number of nitrogens with two attached hydrogens (primary N) is 1. The molecule has 1 aromatic carbocycles. The Morgan fingerprint density at radius 1 is 1.24 bits per heavy atom. The van der Waals surface area contributed by atoms with Crippen LogP contribution in [-0.2, 0) is 6.42 Å². The molecule has 0 aliphatic heterocycles. The molecule has 4 N–H and O–H groups in total. The molecule has 1 rings (SSSR count). The Morgan fingerprint density at radius 3 is 2.36 bits per heavy atom. The average Bonchev–Trinajstić information content (AvgIpc) is 2.52. The Hall–Kier alpha value is -1.59. The van der Waals surface area contributed by atoms with E-state index >= 15 is 0 Å². The van der Waals surface area contributed by atoms with Gasteiger partial charge in [-0.1, -0.05) is 44.2 Å². The Labute approximate surface area is 152 Å². The van der Waals surface area contributed by atoms with E-state index in [4.69, 9.17) is 5.73 Å². The van der Waals surface area contributed by atoms with Gasteiger partial charge in [0, 0.05) is 24.7 Å². The van der Waals surface area contributed by atoms with E-state index in [9.17, 15) is 9.90 Å². The predicted molar refractivity (Wildman–Crippen MR) is 103 cm³/mol. The fourth-order valence-electron chi connectivity index (χ4n) is 2.59. The lowest BCUT2D eigenvalue weighted by Crippen LogP contribution is -2.53. The van der Waals surface area contributed by atoms with E-state index in [-0.39, 0.29) is 18.1 Å². The highest BCUT2D eigenvalue weighted by Crippen LogP contribution is 2.16. The molecule has 5 nitrogen and oxygen atoms in total. The molecule has 1 aromatic rings. The summed E-state index contributed by atoms with van der Waals surface area (Å²) in [5, 5.41) is 13.1. The lowest BCUT2D eigenvalue weighted by atomic mass is 10.0. The third kappa shape index (κ3) is 7.88. The molecule has 0 aromatic heterocycles. The monoisotopic (exact) mass is 349 g/mol. The van der Waals surface area contributed by atoms with Gasteiger partial charge >= 0.3 is 6.03 Å². The van der Waals surface area contributed by atoms with Crippen LogP contribution in [0.15, 0.2) is 30.3 Å². The first-order chi connectivity index (χ1) is 11.6. The zero-order chi connectivity index (χ0) is 19.0. The topological polar surface area (TPSA) is 78.6 Å². The zero-order valence-corrected chi connectivity index (χ0v) is 16.3. The van der Waals surface area contributed by atoms with E-state index in [1.807, 2.05) is 56.0 Å². The summed E-state index contributed by atoms with van der Waals surface area (Å²) in [6, 6.07) is 9.25. The first-order valence-electron chi connectivity index (χ1n) is 9.14. The van der Waals surface area contributed by atoms with Gasteiger partial charge < -0.3 is 21.1 Å². The second kappa shape index (κ2) is 9.78. The molecule has 2 amide bonds. The van der Waals surface area contributed by atoms with Gasteiger partial charge in [-0.2, -0.15) is 0 Å². The third-order valence-electron chi connectivity index (χ3n) is 4.26. The molecule has 0 spiro atoms. The highest BCUT2D eigenvalue weighted by molar-refractivity contribution is 5.75. The number of nitrogens with one attached hydrogen (secondary N) is 1. The molecular weight excluding hydrogens is 314 g/mol. The van der Waals surface area contributed by atoms with Crippen LogP contribution in [0.1, 0.15) is 46.6 Å². The first kappa shape index (κ1) is 21.5. The Balaban J connectivity index is 2.53. The fourth-order valence-corrected chi connectivity index (χ4v) is 2.59. The maximum Gasteiger partial charge on any atom is 0.317 e. The van der Waals surface area contributed by atoms with Gasteiger partial charge in [0.2, 0.25) is 0 Å². The first-order valence-corrected chi connectivity index (χ1v) is 9.14. The lowest BCUT2D eigenvalue weighted by molar-refractivity contribution is 0.120. The summed E-state index contributed by atoms with van der Waals surface area (Å²) in [5.41, 5.74) is 6.89. The summed E-state index contributed by atoms with van der Waals surface area (Å²) in [5.74, 6) is 0.530. The molecule has 0 aliphatic carbocycles. The van der Waals surface area contributed by atoms with Crippen molar-refractivity contribution in [3.05, 3.63) is 35.9 Å². The highest BCUT2D eigenvalue weighted by atomic mass is 16.3. The van der Waals surface area contributed by atoms with E-state index < -0.39 is 12.1 Å². The summed E-state index contributed by atoms with van der Waals surface area (Å²) < 4.78 is 0. The van der Waals surface area contributed by atoms with Gasteiger partial charge in [0.15, 0.2) is 0 Å². The molecule has 0 bridgehead atoms. The molecule has 0 aliphatic rings.